The molecule has 1 aliphatic rings. The fraction of sp³-hybridized carbons (Fsp3) is 0.765. The first-order valence-electron chi connectivity index (χ1n) is 8.06. The Morgan fingerprint density at radius 1 is 1.48 bits per heavy atom. The summed E-state index contributed by atoms with van der Waals surface area (Å²) in [6.45, 7) is 12.5. The zero-order valence-electron chi connectivity index (χ0n) is 14.1. The Morgan fingerprint density at radius 3 is 2.90 bits per heavy atom. The molecule has 4 heteroatoms. The van der Waals surface area contributed by atoms with Gasteiger partial charge in [0.2, 0.25) is 0 Å². The summed E-state index contributed by atoms with van der Waals surface area (Å²) in [6, 6.07) is 2.69. The predicted molar refractivity (Wildman–Crippen MR) is 85.3 cm³/mol. The van der Waals surface area contributed by atoms with Crippen molar-refractivity contribution in [2.24, 2.45) is 5.92 Å². The van der Waals surface area contributed by atoms with Crippen LogP contribution in [0.5, 0.6) is 0 Å². The number of rotatable bonds is 6. The minimum absolute atomic E-state index is 0.344. The second kappa shape index (κ2) is 7.43. The smallest absolute Gasteiger partial charge is 0.118 e. The van der Waals surface area contributed by atoms with Crippen LogP contribution in [0.3, 0.4) is 0 Å². The summed E-state index contributed by atoms with van der Waals surface area (Å²) < 4.78 is 11.5. The number of nitrogens with one attached hydrogen (secondary N) is 1. The number of likely N-dealkylation sites (tertiary alicyclic amines) is 1. The SMILES string of the molecule is COC1CN(Cc2cc(CNC(C)C)c(C)o2)CCC1C. The van der Waals surface area contributed by atoms with Crippen LogP contribution >= 0.6 is 0 Å². The Balaban J connectivity index is 1.92. The van der Waals surface area contributed by atoms with E-state index in [1.54, 1.807) is 0 Å². The average Bonchev–Trinajstić information content (AvgIpc) is 2.78. The lowest BCUT2D eigenvalue weighted by atomic mass is 9.96. The maximum Gasteiger partial charge on any atom is 0.118 e. The topological polar surface area (TPSA) is 37.6 Å². The fourth-order valence-corrected chi connectivity index (χ4v) is 2.92. The van der Waals surface area contributed by atoms with E-state index in [2.05, 4.69) is 44.0 Å². The van der Waals surface area contributed by atoms with Crippen molar-refractivity contribution in [3.63, 3.8) is 0 Å². The predicted octanol–water partition coefficient (Wildman–Crippen LogP) is 2.94. The molecule has 21 heavy (non-hydrogen) atoms. The van der Waals surface area contributed by atoms with Crippen molar-refractivity contribution in [3.8, 4) is 0 Å². The fourth-order valence-electron chi connectivity index (χ4n) is 2.92. The molecule has 0 bridgehead atoms. The van der Waals surface area contributed by atoms with E-state index in [1.165, 1.54) is 12.0 Å². The summed E-state index contributed by atoms with van der Waals surface area (Å²) in [7, 11) is 1.82. The highest BCUT2D eigenvalue weighted by Gasteiger charge is 2.26. The minimum Gasteiger partial charge on any atom is -0.465 e. The number of furan rings is 1. The van der Waals surface area contributed by atoms with Crippen LogP contribution in [0.4, 0.5) is 0 Å². The summed E-state index contributed by atoms with van der Waals surface area (Å²) >= 11 is 0. The zero-order valence-corrected chi connectivity index (χ0v) is 14.1. The first-order valence-corrected chi connectivity index (χ1v) is 8.06. The van der Waals surface area contributed by atoms with Crippen molar-refractivity contribution in [1.82, 2.24) is 10.2 Å². The lowest BCUT2D eigenvalue weighted by molar-refractivity contribution is -0.00921. The molecule has 0 saturated carbocycles. The lowest BCUT2D eigenvalue weighted by Crippen LogP contribution is -2.43. The van der Waals surface area contributed by atoms with Crippen LogP contribution in [0.15, 0.2) is 10.5 Å². The van der Waals surface area contributed by atoms with Crippen molar-refractivity contribution in [1.29, 1.82) is 0 Å². The van der Waals surface area contributed by atoms with Crippen LogP contribution in [-0.4, -0.2) is 37.2 Å². The molecule has 1 N–H and O–H groups in total. The van der Waals surface area contributed by atoms with E-state index in [9.17, 15) is 0 Å². The molecule has 2 atom stereocenters. The molecule has 1 fully saturated rings. The molecule has 0 aromatic carbocycles. The van der Waals surface area contributed by atoms with E-state index >= 15 is 0 Å². The second-order valence-corrected chi connectivity index (χ2v) is 6.60. The molecule has 0 aliphatic carbocycles. The first kappa shape index (κ1) is 16.5. The number of aryl methyl sites for hydroxylation is 1. The Hall–Kier alpha value is -0.840. The quantitative estimate of drug-likeness (QED) is 0.875. The minimum atomic E-state index is 0.344. The molecule has 0 amide bonds. The van der Waals surface area contributed by atoms with Crippen molar-refractivity contribution in [2.45, 2.75) is 59.4 Å². The van der Waals surface area contributed by atoms with Crippen LogP contribution in [0, 0.1) is 12.8 Å². The van der Waals surface area contributed by atoms with Crippen LogP contribution in [0.1, 0.15) is 44.3 Å². The van der Waals surface area contributed by atoms with Crippen molar-refractivity contribution in [2.75, 3.05) is 20.2 Å². The highest BCUT2D eigenvalue weighted by atomic mass is 16.5. The molecular weight excluding hydrogens is 264 g/mol. The van der Waals surface area contributed by atoms with Gasteiger partial charge in [0.05, 0.1) is 12.6 Å². The van der Waals surface area contributed by atoms with Gasteiger partial charge in [0, 0.05) is 31.8 Å². The van der Waals surface area contributed by atoms with Crippen LogP contribution in [0.25, 0.3) is 0 Å². The Bertz CT molecular complexity index is 442. The molecule has 2 rings (SSSR count). The van der Waals surface area contributed by atoms with E-state index in [0.717, 1.165) is 37.7 Å². The van der Waals surface area contributed by atoms with Gasteiger partial charge in [-0.25, -0.2) is 0 Å². The van der Waals surface area contributed by atoms with Gasteiger partial charge in [-0.2, -0.15) is 0 Å². The maximum atomic E-state index is 5.92. The maximum absolute atomic E-state index is 5.92. The van der Waals surface area contributed by atoms with Gasteiger partial charge in [-0.3, -0.25) is 4.90 Å². The Morgan fingerprint density at radius 2 is 2.24 bits per heavy atom. The largest absolute Gasteiger partial charge is 0.465 e. The van der Waals surface area contributed by atoms with E-state index in [4.69, 9.17) is 9.15 Å². The highest BCUT2D eigenvalue weighted by molar-refractivity contribution is 5.20. The van der Waals surface area contributed by atoms with Crippen LogP contribution < -0.4 is 5.32 Å². The molecule has 0 spiro atoms. The summed E-state index contributed by atoms with van der Waals surface area (Å²) in [4.78, 5) is 2.44. The van der Waals surface area contributed by atoms with Gasteiger partial charge in [-0.05, 0) is 31.9 Å². The third kappa shape index (κ3) is 4.56. The molecule has 120 valence electrons. The van der Waals surface area contributed by atoms with Gasteiger partial charge in [0.1, 0.15) is 11.5 Å². The Labute approximate surface area is 128 Å². The monoisotopic (exact) mass is 294 g/mol. The second-order valence-electron chi connectivity index (χ2n) is 6.60. The van der Waals surface area contributed by atoms with Gasteiger partial charge < -0.3 is 14.5 Å². The highest BCUT2D eigenvalue weighted by Crippen LogP contribution is 2.22. The molecule has 1 aliphatic heterocycles. The van der Waals surface area contributed by atoms with Gasteiger partial charge >= 0.3 is 0 Å². The molecule has 0 radical (unpaired) electrons. The molecule has 4 nitrogen and oxygen atoms in total. The number of hydrogen-bond acceptors (Lipinski definition) is 4. The number of methoxy groups -OCH3 is 1. The van der Waals surface area contributed by atoms with Gasteiger partial charge in [0.15, 0.2) is 0 Å². The van der Waals surface area contributed by atoms with Crippen molar-refractivity contribution >= 4 is 0 Å². The van der Waals surface area contributed by atoms with E-state index in [1.807, 2.05) is 7.11 Å². The van der Waals surface area contributed by atoms with Crippen LogP contribution in [0.2, 0.25) is 0 Å². The normalized spacial score (nSPS) is 23.9. The molecular formula is C17H30N2O2. The summed E-state index contributed by atoms with van der Waals surface area (Å²) in [5.41, 5.74) is 1.27. The number of piperidine rings is 1. The Kier molecular flexibility index (Phi) is 5.85. The number of nitrogens with zero attached hydrogens (tertiary/aromatic N) is 1. The van der Waals surface area contributed by atoms with Crippen LogP contribution in [-0.2, 0) is 17.8 Å². The van der Waals surface area contributed by atoms with E-state index in [-0.39, 0.29) is 0 Å². The summed E-state index contributed by atoms with van der Waals surface area (Å²) in [5, 5.41) is 3.45. The molecule has 1 aromatic heterocycles. The molecule has 1 aromatic rings. The third-order valence-corrected chi connectivity index (χ3v) is 4.43. The van der Waals surface area contributed by atoms with Crippen molar-refractivity contribution < 1.29 is 9.15 Å². The zero-order chi connectivity index (χ0) is 15.4. The van der Waals surface area contributed by atoms with Crippen molar-refractivity contribution in [3.05, 3.63) is 23.2 Å². The number of ether oxygens (including phenoxy) is 1. The average molecular weight is 294 g/mol. The molecule has 1 saturated heterocycles. The standard InChI is InChI=1S/C17H30N2O2/c1-12(2)18-9-15-8-16(21-14(15)4)10-19-7-6-13(3)17(11-19)20-5/h8,12-13,17-18H,6-7,9-11H2,1-5H3. The summed E-state index contributed by atoms with van der Waals surface area (Å²) in [6.07, 6.45) is 1.54. The first-order chi connectivity index (χ1) is 9.99. The van der Waals surface area contributed by atoms with E-state index < -0.39 is 0 Å². The van der Waals surface area contributed by atoms with Gasteiger partial charge in [0.25, 0.3) is 0 Å². The molecule has 2 heterocycles. The molecule has 2 unspecified atom stereocenters. The van der Waals surface area contributed by atoms with Gasteiger partial charge in [-0.15, -0.1) is 0 Å². The third-order valence-electron chi connectivity index (χ3n) is 4.43. The summed E-state index contributed by atoms with van der Waals surface area (Å²) in [5.74, 6) is 2.75. The van der Waals surface area contributed by atoms with E-state index in [0.29, 0.717) is 18.1 Å². The lowest BCUT2D eigenvalue weighted by Gasteiger charge is -2.35. The number of hydrogen-bond donors (Lipinski definition) is 1. The van der Waals surface area contributed by atoms with Gasteiger partial charge in [-0.1, -0.05) is 20.8 Å².